The molecule has 0 fully saturated rings. The first-order valence-electron chi connectivity index (χ1n) is 8.81. The average Bonchev–Trinajstić information content (AvgIpc) is 3.14. The number of hydrogen-bond donors (Lipinski definition) is 2. The maximum atomic E-state index is 12.8. The van der Waals surface area contributed by atoms with Crippen molar-refractivity contribution in [3.05, 3.63) is 76.8 Å². The van der Waals surface area contributed by atoms with Gasteiger partial charge >= 0.3 is 12.0 Å². The van der Waals surface area contributed by atoms with Crippen molar-refractivity contribution in [3.8, 4) is 10.6 Å². The summed E-state index contributed by atoms with van der Waals surface area (Å²) in [5, 5.41) is 5.13. The van der Waals surface area contributed by atoms with Crippen molar-refractivity contribution in [1.82, 2.24) is 15.6 Å². The molecule has 3 rings (SSSR count). The summed E-state index contributed by atoms with van der Waals surface area (Å²) >= 11 is 1.19. The van der Waals surface area contributed by atoms with Gasteiger partial charge in [0.05, 0.1) is 5.69 Å². The van der Waals surface area contributed by atoms with Crippen molar-refractivity contribution in [3.63, 3.8) is 0 Å². The largest absolute Gasteiger partial charge is 0.443 e. The van der Waals surface area contributed by atoms with Gasteiger partial charge in [0.2, 0.25) is 6.10 Å². The number of hydrogen-bond acceptors (Lipinski definition) is 6. The number of thiazole rings is 1. The zero-order valence-electron chi connectivity index (χ0n) is 15.8. The zero-order chi connectivity index (χ0) is 20.8. The summed E-state index contributed by atoms with van der Waals surface area (Å²) < 4.78 is 5.50. The van der Waals surface area contributed by atoms with Crippen LogP contribution in [0.3, 0.4) is 0 Å². The third kappa shape index (κ3) is 4.85. The lowest BCUT2D eigenvalue weighted by Crippen LogP contribution is -2.41. The summed E-state index contributed by atoms with van der Waals surface area (Å²) in [7, 11) is 1.39. The third-order valence-electron chi connectivity index (χ3n) is 4.03. The number of ether oxygens (including phenoxy) is 1. The molecule has 1 heterocycles. The van der Waals surface area contributed by atoms with Crippen LogP contribution < -0.4 is 10.6 Å². The molecular weight excluding hydrogens is 390 g/mol. The van der Waals surface area contributed by atoms with E-state index in [1.165, 1.54) is 18.4 Å². The number of carbonyl (C=O) groups is 3. The molecule has 2 aromatic carbocycles. The Morgan fingerprint density at radius 1 is 1.00 bits per heavy atom. The Hall–Kier alpha value is -3.52. The molecule has 0 unspecified atom stereocenters. The standard InChI is InChI=1S/C21H19N3O4S/c1-13-17(29-19(23-13)15-11-7-4-8-12-15)20(26)28-16(14-9-5-3-6-10-14)18(25)24-21(27)22-2/h3-12,16H,1-2H3,(H2,22,24,25,27)/t16-/m1/s1. The molecule has 0 aliphatic heterocycles. The predicted octanol–water partition coefficient (Wildman–Crippen LogP) is 3.47. The number of imide groups is 1. The normalized spacial score (nSPS) is 11.4. The number of aromatic nitrogens is 1. The highest BCUT2D eigenvalue weighted by atomic mass is 32.1. The number of nitrogens with zero attached hydrogens (tertiary/aromatic N) is 1. The van der Waals surface area contributed by atoms with Crippen LogP contribution in [-0.4, -0.2) is 29.9 Å². The Bertz CT molecular complexity index is 1020. The van der Waals surface area contributed by atoms with E-state index in [-0.39, 0.29) is 0 Å². The molecule has 7 nitrogen and oxygen atoms in total. The van der Waals surface area contributed by atoms with Crippen molar-refractivity contribution in [2.75, 3.05) is 7.05 Å². The number of rotatable bonds is 5. The van der Waals surface area contributed by atoms with Crippen molar-refractivity contribution in [2.45, 2.75) is 13.0 Å². The average molecular weight is 409 g/mol. The fourth-order valence-corrected chi connectivity index (χ4v) is 3.55. The quantitative estimate of drug-likeness (QED) is 0.629. The molecule has 0 radical (unpaired) electrons. The Labute approximate surface area is 171 Å². The van der Waals surface area contributed by atoms with Gasteiger partial charge in [-0.15, -0.1) is 11.3 Å². The van der Waals surface area contributed by atoms with Gasteiger partial charge in [0, 0.05) is 18.2 Å². The number of aryl methyl sites for hydroxylation is 1. The minimum atomic E-state index is -1.28. The predicted molar refractivity (Wildman–Crippen MR) is 109 cm³/mol. The highest BCUT2D eigenvalue weighted by Crippen LogP contribution is 2.29. The second kappa shape index (κ2) is 9.11. The lowest BCUT2D eigenvalue weighted by Gasteiger charge is -2.17. The van der Waals surface area contributed by atoms with Crippen LogP contribution in [0.4, 0.5) is 4.79 Å². The van der Waals surface area contributed by atoms with Gasteiger partial charge in [0.25, 0.3) is 5.91 Å². The van der Waals surface area contributed by atoms with Gasteiger partial charge < -0.3 is 10.1 Å². The van der Waals surface area contributed by atoms with Crippen LogP contribution in [0, 0.1) is 6.92 Å². The smallest absolute Gasteiger partial charge is 0.351 e. The summed E-state index contributed by atoms with van der Waals surface area (Å²) in [5.74, 6) is -1.42. The summed E-state index contributed by atoms with van der Waals surface area (Å²) in [4.78, 5) is 41.6. The van der Waals surface area contributed by atoms with Gasteiger partial charge in [-0.3, -0.25) is 10.1 Å². The van der Waals surface area contributed by atoms with E-state index >= 15 is 0 Å². The summed E-state index contributed by atoms with van der Waals surface area (Å²) in [5.41, 5.74) is 1.85. The second-order valence-corrected chi connectivity index (χ2v) is 7.06. The fraction of sp³-hybridized carbons (Fsp3) is 0.143. The molecule has 0 bridgehead atoms. The molecule has 0 saturated carbocycles. The molecule has 0 aliphatic carbocycles. The number of amides is 3. The van der Waals surface area contributed by atoms with Crippen molar-refractivity contribution >= 4 is 29.2 Å². The SMILES string of the molecule is CNC(=O)NC(=O)[C@H](OC(=O)c1sc(-c2ccccc2)nc1C)c1ccccc1. The van der Waals surface area contributed by atoms with Crippen molar-refractivity contribution in [1.29, 1.82) is 0 Å². The van der Waals surface area contributed by atoms with Crippen molar-refractivity contribution in [2.24, 2.45) is 0 Å². The van der Waals surface area contributed by atoms with Gasteiger partial charge in [-0.25, -0.2) is 14.6 Å². The van der Waals surface area contributed by atoms with Gasteiger partial charge in [-0.1, -0.05) is 60.7 Å². The molecule has 8 heteroatoms. The highest BCUT2D eigenvalue weighted by Gasteiger charge is 2.28. The van der Waals surface area contributed by atoms with Gasteiger partial charge in [-0.2, -0.15) is 0 Å². The van der Waals surface area contributed by atoms with Crippen LogP contribution in [0.2, 0.25) is 0 Å². The zero-order valence-corrected chi connectivity index (χ0v) is 16.7. The molecule has 1 aromatic heterocycles. The van der Waals surface area contributed by atoms with E-state index < -0.39 is 24.0 Å². The molecule has 0 spiro atoms. The number of carbonyl (C=O) groups excluding carboxylic acids is 3. The van der Waals surface area contributed by atoms with Crippen LogP contribution in [0.15, 0.2) is 60.7 Å². The van der Waals surface area contributed by atoms with E-state index in [4.69, 9.17) is 4.74 Å². The number of esters is 1. The Kier molecular flexibility index (Phi) is 6.36. The number of benzene rings is 2. The van der Waals surface area contributed by atoms with Crippen molar-refractivity contribution < 1.29 is 19.1 Å². The van der Waals surface area contributed by atoms with E-state index in [0.717, 1.165) is 5.56 Å². The minimum absolute atomic E-state index is 0.303. The molecular formula is C21H19N3O4S. The van der Waals surface area contributed by atoms with Crippen LogP contribution >= 0.6 is 11.3 Å². The highest BCUT2D eigenvalue weighted by molar-refractivity contribution is 7.17. The summed E-state index contributed by atoms with van der Waals surface area (Å²) in [6.07, 6.45) is -1.28. The topological polar surface area (TPSA) is 97.4 Å². The monoisotopic (exact) mass is 409 g/mol. The maximum absolute atomic E-state index is 12.8. The van der Waals surface area contributed by atoms with E-state index in [1.807, 2.05) is 30.3 Å². The minimum Gasteiger partial charge on any atom is -0.443 e. The lowest BCUT2D eigenvalue weighted by molar-refractivity contribution is -0.129. The maximum Gasteiger partial charge on any atom is 0.351 e. The number of nitrogens with one attached hydrogen (secondary N) is 2. The summed E-state index contributed by atoms with van der Waals surface area (Å²) in [6.45, 7) is 1.71. The van der Waals surface area contributed by atoms with E-state index in [0.29, 0.717) is 21.1 Å². The Morgan fingerprint density at radius 2 is 1.62 bits per heavy atom. The second-order valence-electron chi connectivity index (χ2n) is 6.06. The van der Waals surface area contributed by atoms with Gasteiger partial charge in [0.1, 0.15) is 9.88 Å². The summed E-state index contributed by atoms with van der Waals surface area (Å²) in [6, 6.07) is 17.3. The third-order valence-corrected chi connectivity index (χ3v) is 5.22. The van der Waals surface area contributed by atoms with Gasteiger partial charge in [-0.05, 0) is 6.92 Å². The first-order chi connectivity index (χ1) is 14.0. The fourth-order valence-electron chi connectivity index (χ4n) is 2.59. The first kappa shape index (κ1) is 20.2. The Morgan fingerprint density at radius 3 is 2.24 bits per heavy atom. The molecule has 148 valence electrons. The van der Waals surface area contributed by atoms with Crippen LogP contribution in [0.1, 0.15) is 27.0 Å². The molecule has 1 atom stereocenters. The first-order valence-corrected chi connectivity index (χ1v) is 9.62. The van der Waals surface area contributed by atoms with E-state index in [2.05, 4.69) is 15.6 Å². The van der Waals surface area contributed by atoms with Crippen LogP contribution in [-0.2, 0) is 9.53 Å². The number of urea groups is 1. The van der Waals surface area contributed by atoms with Crippen LogP contribution in [0.5, 0.6) is 0 Å². The molecule has 3 amide bonds. The Balaban J connectivity index is 1.86. The van der Waals surface area contributed by atoms with Gasteiger partial charge in [0.15, 0.2) is 0 Å². The molecule has 3 aromatic rings. The van der Waals surface area contributed by atoms with Crippen LogP contribution in [0.25, 0.3) is 10.6 Å². The lowest BCUT2D eigenvalue weighted by atomic mass is 10.1. The van der Waals surface area contributed by atoms with E-state index in [9.17, 15) is 14.4 Å². The molecule has 0 saturated heterocycles. The molecule has 0 aliphatic rings. The van der Waals surface area contributed by atoms with E-state index in [1.54, 1.807) is 37.3 Å². The molecule has 2 N–H and O–H groups in total. The molecule has 29 heavy (non-hydrogen) atoms.